The van der Waals surface area contributed by atoms with Crippen LogP contribution >= 0.6 is 0 Å². The number of methoxy groups -OCH3 is 1. The summed E-state index contributed by atoms with van der Waals surface area (Å²) in [5, 5.41) is 12.8. The zero-order chi connectivity index (χ0) is 36.6. The monoisotopic (exact) mass is 710 g/mol. The summed E-state index contributed by atoms with van der Waals surface area (Å²) in [6, 6.07) is 41.9. The van der Waals surface area contributed by atoms with E-state index in [-0.39, 0.29) is 25.0 Å². The molecule has 8 nitrogen and oxygen atoms in total. The first-order chi connectivity index (χ1) is 26.0. The first-order valence-electron chi connectivity index (χ1n) is 18.5. The minimum Gasteiger partial charge on any atom is -0.497 e. The van der Waals surface area contributed by atoms with Crippen LogP contribution in [0.4, 0.5) is 4.79 Å². The minimum absolute atomic E-state index is 0.0336. The van der Waals surface area contributed by atoms with E-state index in [1.54, 1.807) is 12.0 Å². The van der Waals surface area contributed by atoms with E-state index in [9.17, 15) is 14.7 Å². The number of unbranched alkanes of at least 4 members (excludes halogenated alkanes) is 1. The van der Waals surface area contributed by atoms with Crippen molar-refractivity contribution in [3.05, 3.63) is 161 Å². The average molecular weight is 711 g/mol. The molecule has 1 aliphatic heterocycles. The van der Waals surface area contributed by atoms with E-state index in [1.165, 1.54) is 11.1 Å². The summed E-state index contributed by atoms with van der Waals surface area (Å²) in [5.74, 6) is 0.563. The molecule has 1 aliphatic carbocycles. The molecule has 1 fully saturated rings. The van der Waals surface area contributed by atoms with Crippen molar-refractivity contribution in [2.24, 2.45) is 0 Å². The molecule has 1 heterocycles. The lowest BCUT2D eigenvalue weighted by Gasteiger charge is -2.36. The van der Waals surface area contributed by atoms with E-state index >= 15 is 0 Å². The third kappa shape index (κ3) is 7.43. The quantitative estimate of drug-likeness (QED) is 0.0902. The van der Waals surface area contributed by atoms with Gasteiger partial charge in [0, 0.05) is 25.6 Å². The Kier molecular flexibility index (Phi) is 11.2. The number of benzene rings is 5. The van der Waals surface area contributed by atoms with Gasteiger partial charge in [-0.3, -0.25) is 9.69 Å². The molecule has 0 aromatic heterocycles. The number of amides is 2. The molecule has 0 saturated carbocycles. The molecular formula is C45H46N2O6. The SMILES string of the molecule is COc1ccc(C(OCCCCNC(=O)[C@@H]2CCCN2C(=O)OCC2c3ccccc3-c3ccccc32)(c2ccccc2)c2ccc(CO)cc2)cc1. The fourth-order valence-electron chi connectivity index (χ4n) is 7.81. The van der Waals surface area contributed by atoms with E-state index in [1.807, 2.05) is 91.0 Å². The van der Waals surface area contributed by atoms with Gasteiger partial charge in [0.2, 0.25) is 5.91 Å². The third-order valence-corrected chi connectivity index (χ3v) is 10.5. The number of aliphatic hydroxyl groups is 1. The van der Waals surface area contributed by atoms with Crippen LogP contribution in [-0.4, -0.2) is 61.5 Å². The molecule has 2 N–H and O–H groups in total. The van der Waals surface area contributed by atoms with Gasteiger partial charge in [0.15, 0.2) is 0 Å². The highest BCUT2D eigenvalue weighted by Crippen LogP contribution is 2.45. The van der Waals surface area contributed by atoms with E-state index in [0.29, 0.717) is 39.0 Å². The normalized spacial score (nSPS) is 16.0. The fraction of sp³-hybridized carbons (Fsp3) is 0.289. The van der Waals surface area contributed by atoms with E-state index in [2.05, 4.69) is 41.7 Å². The van der Waals surface area contributed by atoms with Gasteiger partial charge in [0.05, 0.1) is 13.7 Å². The number of carbonyl (C=O) groups excluding carboxylic acids is 2. The van der Waals surface area contributed by atoms with Gasteiger partial charge in [-0.2, -0.15) is 0 Å². The first-order valence-corrected chi connectivity index (χ1v) is 18.5. The Balaban J connectivity index is 0.963. The second-order valence-corrected chi connectivity index (χ2v) is 13.6. The molecule has 2 amide bonds. The van der Waals surface area contributed by atoms with E-state index < -0.39 is 17.7 Å². The predicted octanol–water partition coefficient (Wildman–Crippen LogP) is 7.81. The van der Waals surface area contributed by atoms with Gasteiger partial charge < -0.3 is 24.6 Å². The summed E-state index contributed by atoms with van der Waals surface area (Å²) in [4.78, 5) is 28.3. The maximum absolute atomic E-state index is 13.4. The number of nitrogens with zero attached hydrogens (tertiary/aromatic N) is 1. The molecule has 2 aliphatic rings. The Morgan fingerprint density at radius 1 is 0.774 bits per heavy atom. The number of nitrogens with one attached hydrogen (secondary N) is 1. The largest absolute Gasteiger partial charge is 0.497 e. The maximum atomic E-state index is 13.4. The highest BCUT2D eigenvalue weighted by Gasteiger charge is 2.38. The zero-order valence-corrected chi connectivity index (χ0v) is 30.1. The number of hydrogen-bond donors (Lipinski definition) is 2. The lowest BCUT2D eigenvalue weighted by atomic mass is 9.79. The Bertz CT molecular complexity index is 1900. The van der Waals surface area contributed by atoms with Crippen LogP contribution in [-0.2, 0) is 26.5 Å². The molecule has 0 spiro atoms. The molecule has 53 heavy (non-hydrogen) atoms. The van der Waals surface area contributed by atoms with Gasteiger partial charge in [-0.15, -0.1) is 0 Å². The summed E-state index contributed by atoms with van der Waals surface area (Å²) < 4.78 is 18.3. The molecule has 5 aromatic rings. The van der Waals surface area contributed by atoms with Crippen molar-refractivity contribution in [2.75, 3.05) is 33.4 Å². The number of fused-ring (bicyclic) bond motifs is 3. The van der Waals surface area contributed by atoms with Gasteiger partial charge in [-0.25, -0.2) is 4.79 Å². The van der Waals surface area contributed by atoms with Crippen molar-refractivity contribution in [1.82, 2.24) is 10.2 Å². The smallest absolute Gasteiger partial charge is 0.410 e. The molecule has 0 bridgehead atoms. The van der Waals surface area contributed by atoms with Crippen molar-refractivity contribution in [3.8, 4) is 16.9 Å². The molecule has 2 atom stereocenters. The summed E-state index contributed by atoms with van der Waals surface area (Å²) >= 11 is 0. The molecular weight excluding hydrogens is 665 g/mol. The third-order valence-electron chi connectivity index (χ3n) is 10.5. The fourth-order valence-corrected chi connectivity index (χ4v) is 7.81. The molecule has 7 rings (SSSR count). The zero-order valence-electron chi connectivity index (χ0n) is 30.1. The minimum atomic E-state index is -0.919. The van der Waals surface area contributed by atoms with Gasteiger partial charge in [0.25, 0.3) is 0 Å². The van der Waals surface area contributed by atoms with E-state index in [4.69, 9.17) is 14.2 Å². The summed E-state index contributed by atoms with van der Waals surface area (Å²) in [5.41, 5.74) is 7.44. The van der Waals surface area contributed by atoms with Crippen molar-refractivity contribution >= 4 is 12.0 Å². The van der Waals surface area contributed by atoms with Crippen LogP contribution in [0.15, 0.2) is 127 Å². The van der Waals surface area contributed by atoms with Gasteiger partial charge in [0.1, 0.15) is 24.0 Å². The molecule has 1 unspecified atom stereocenters. The Morgan fingerprint density at radius 3 is 2.02 bits per heavy atom. The highest BCUT2D eigenvalue weighted by molar-refractivity contribution is 5.86. The van der Waals surface area contributed by atoms with Crippen molar-refractivity contribution in [2.45, 2.75) is 49.9 Å². The second-order valence-electron chi connectivity index (χ2n) is 13.6. The summed E-state index contributed by atoms with van der Waals surface area (Å²) in [6.07, 6.45) is 2.31. The van der Waals surface area contributed by atoms with Crippen LogP contribution < -0.4 is 10.1 Å². The van der Waals surface area contributed by atoms with Crippen LogP contribution in [0.5, 0.6) is 5.75 Å². The average Bonchev–Trinajstić information content (AvgIpc) is 3.84. The predicted molar refractivity (Wildman–Crippen MR) is 205 cm³/mol. The van der Waals surface area contributed by atoms with E-state index in [0.717, 1.165) is 45.6 Å². The highest BCUT2D eigenvalue weighted by atomic mass is 16.6. The van der Waals surface area contributed by atoms with Crippen molar-refractivity contribution in [1.29, 1.82) is 0 Å². The molecule has 1 saturated heterocycles. The number of rotatable bonds is 14. The Labute approximate surface area is 311 Å². The molecule has 272 valence electrons. The maximum Gasteiger partial charge on any atom is 0.410 e. The molecule has 8 heteroatoms. The number of aliphatic hydroxyl groups excluding tert-OH is 1. The topological polar surface area (TPSA) is 97.3 Å². The molecule has 0 radical (unpaired) electrons. The standard InChI is InChI=1S/C45H46N2O6/c1-51-36-25-23-35(24-26-36)45(33-12-3-2-4-13-33,34-21-19-32(30-48)20-22-34)53-29-10-9-27-46-43(49)42-18-11-28-47(42)44(50)52-31-41-39-16-7-5-14-37(39)38-15-6-8-17-40(38)41/h2-8,12-17,19-26,41-42,48H,9-11,18,27-31H2,1H3,(H,46,49)/t42-,45?/m0/s1. The summed E-state index contributed by atoms with van der Waals surface area (Å²) in [7, 11) is 1.65. The van der Waals surface area contributed by atoms with Crippen LogP contribution in [0.1, 0.15) is 65.0 Å². The van der Waals surface area contributed by atoms with Crippen LogP contribution in [0.3, 0.4) is 0 Å². The lowest BCUT2D eigenvalue weighted by molar-refractivity contribution is -0.125. The second kappa shape index (κ2) is 16.5. The van der Waals surface area contributed by atoms with Gasteiger partial charge in [-0.1, -0.05) is 115 Å². The van der Waals surface area contributed by atoms with Crippen LogP contribution in [0.2, 0.25) is 0 Å². The number of likely N-dealkylation sites (tertiary alicyclic amines) is 1. The Morgan fingerprint density at radius 2 is 1.38 bits per heavy atom. The van der Waals surface area contributed by atoms with Crippen LogP contribution in [0, 0.1) is 0 Å². The van der Waals surface area contributed by atoms with Crippen LogP contribution in [0.25, 0.3) is 11.1 Å². The Hall–Kier alpha value is -5.44. The molecule has 5 aromatic carbocycles. The first kappa shape index (κ1) is 35.9. The number of ether oxygens (including phenoxy) is 3. The number of carbonyl (C=O) groups is 2. The number of hydrogen-bond acceptors (Lipinski definition) is 6. The van der Waals surface area contributed by atoms with Crippen molar-refractivity contribution in [3.63, 3.8) is 0 Å². The van der Waals surface area contributed by atoms with Gasteiger partial charge in [-0.05, 0) is 82.3 Å². The summed E-state index contributed by atoms with van der Waals surface area (Å²) in [6.45, 7) is 1.56. The lowest BCUT2D eigenvalue weighted by Crippen LogP contribution is -2.46. The van der Waals surface area contributed by atoms with Crippen molar-refractivity contribution < 1.29 is 28.9 Å². The van der Waals surface area contributed by atoms with Gasteiger partial charge >= 0.3 is 6.09 Å².